The summed E-state index contributed by atoms with van der Waals surface area (Å²) in [5.41, 5.74) is 0.0976. The highest BCUT2D eigenvalue weighted by atomic mass is 79.9. The lowest BCUT2D eigenvalue weighted by Crippen LogP contribution is -2.02. The summed E-state index contributed by atoms with van der Waals surface area (Å²) in [6.45, 7) is 0. The second-order valence-corrected chi connectivity index (χ2v) is 5.52. The van der Waals surface area contributed by atoms with Crippen molar-refractivity contribution in [2.75, 3.05) is 6.26 Å². The smallest absolute Gasteiger partial charge is 0.340 e. The van der Waals surface area contributed by atoms with Gasteiger partial charge in [-0.1, -0.05) is 6.07 Å². The van der Waals surface area contributed by atoms with Crippen molar-refractivity contribution in [1.82, 2.24) is 0 Å². The topological polar surface area (TPSA) is 46.5 Å². The highest BCUT2D eigenvalue weighted by molar-refractivity contribution is 9.10. The number of halogens is 2. The second kappa shape index (κ2) is 6.28. The molecule has 3 nitrogen and oxygen atoms in total. The lowest BCUT2D eigenvalue weighted by Gasteiger charge is -2.11. The van der Waals surface area contributed by atoms with E-state index in [4.69, 9.17) is 4.74 Å². The van der Waals surface area contributed by atoms with E-state index in [0.717, 1.165) is 0 Å². The predicted molar refractivity (Wildman–Crippen MR) is 79.4 cm³/mol. The summed E-state index contributed by atoms with van der Waals surface area (Å²) in [4.78, 5) is 12.0. The van der Waals surface area contributed by atoms with Crippen LogP contribution in [0.1, 0.15) is 10.4 Å². The third-order valence-electron chi connectivity index (χ3n) is 2.54. The van der Waals surface area contributed by atoms with Crippen molar-refractivity contribution in [3.05, 3.63) is 52.3 Å². The van der Waals surface area contributed by atoms with Gasteiger partial charge in [0.1, 0.15) is 22.9 Å². The minimum absolute atomic E-state index is 0.0976. The largest absolute Gasteiger partial charge is 0.478 e. The molecule has 0 spiro atoms. The summed E-state index contributed by atoms with van der Waals surface area (Å²) in [7, 11) is 0. The molecule has 0 fully saturated rings. The zero-order chi connectivity index (χ0) is 14.7. The SMILES string of the molecule is CSc1cccc(Oc2ccc(F)c(Br)c2)c1C(=O)O. The number of ether oxygens (including phenoxy) is 1. The molecule has 0 bridgehead atoms. The molecule has 6 heteroatoms. The van der Waals surface area contributed by atoms with Gasteiger partial charge < -0.3 is 9.84 Å². The Balaban J connectivity index is 2.42. The maximum absolute atomic E-state index is 13.2. The Kier molecular flexibility index (Phi) is 4.67. The Morgan fingerprint density at radius 3 is 2.70 bits per heavy atom. The Morgan fingerprint density at radius 2 is 2.10 bits per heavy atom. The maximum atomic E-state index is 13.2. The number of benzene rings is 2. The van der Waals surface area contributed by atoms with E-state index >= 15 is 0 Å². The Hall–Kier alpha value is -1.53. The Bertz CT molecular complexity index is 661. The first-order valence-corrected chi connectivity index (χ1v) is 7.58. The van der Waals surface area contributed by atoms with E-state index in [1.54, 1.807) is 24.5 Å². The third-order valence-corrected chi connectivity index (χ3v) is 3.93. The van der Waals surface area contributed by atoms with Crippen molar-refractivity contribution in [3.8, 4) is 11.5 Å². The molecule has 20 heavy (non-hydrogen) atoms. The number of carboxylic acid groups (broad SMARTS) is 1. The Morgan fingerprint density at radius 1 is 1.35 bits per heavy atom. The molecular formula is C14H10BrFO3S. The molecule has 2 rings (SSSR count). The quantitative estimate of drug-likeness (QED) is 0.799. The number of hydrogen-bond acceptors (Lipinski definition) is 3. The van der Waals surface area contributed by atoms with Crippen LogP contribution in [-0.4, -0.2) is 17.3 Å². The van der Waals surface area contributed by atoms with Crippen LogP contribution >= 0.6 is 27.7 Å². The van der Waals surface area contributed by atoms with E-state index in [-0.39, 0.29) is 15.8 Å². The van der Waals surface area contributed by atoms with Gasteiger partial charge in [-0.2, -0.15) is 0 Å². The van der Waals surface area contributed by atoms with Crippen LogP contribution in [0.5, 0.6) is 11.5 Å². The maximum Gasteiger partial charge on any atom is 0.340 e. The van der Waals surface area contributed by atoms with E-state index in [1.165, 1.54) is 30.0 Å². The molecule has 0 saturated heterocycles. The molecule has 0 unspecified atom stereocenters. The number of thioether (sulfide) groups is 1. The van der Waals surface area contributed by atoms with Crippen molar-refractivity contribution >= 4 is 33.7 Å². The summed E-state index contributed by atoms with van der Waals surface area (Å²) in [6, 6.07) is 9.14. The van der Waals surface area contributed by atoms with Crippen molar-refractivity contribution in [3.63, 3.8) is 0 Å². The molecule has 2 aromatic carbocycles. The first-order valence-electron chi connectivity index (χ1n) is 5.56. The van der Waals surface area contributed by atoms with E-state index in [0.29, 0.717) is 10.6 Å². The lowest BCUT2D eigenvalue weighted by atomic mass is 10.2. The van der Waals surface area contributed by atoms with Crippen LogP contribution in [0.15, 0.2) is 45.8 Å². The van der Waals surface area contributed by atoms with E-state index in [1.807, 2.05) is 0 Å². The van der Waals surface area contributed by atoms with Crippen LogP contribution in [0.4, 0.5) is 4.39 Å². The number of carbonyl (C=O) groups is 1. The molecule has 0 aliphatic heterocycles. The van der Waals surface area contributed by atoms with Crippen LogP contribution in [-0.2, 0) is 0 Å². The van der Waals surface area contributed by atoms with E-state index in [9.17, 15) is 14.3 Å². The molecule has 0 aliphatic carbocycles. The average Bonchev–Trinajstić information content (AvgIpc) is 2.42. The summed E-state index contributed by atoms with van der Waals surface area (Å²) in [5, 5.41) is 9.29. The molecule has 0 amide bonds. The lowest BCUT2D eigenvalue weighted by molar-refractivity contribution is 0.0690. The predicted octanol–water partition coefficient (Wildman–Crippen LogP) is 4.80. The number of carboxylic acids is 1. The van der Waals surface area contributed by atoms with Crippen molar-refractivity contribution in [1.29, 1.82) is 0 Å². The van der Waals surface area contributed by atoms with Gasteiger partial charge in [0.05, 0.1) is 4.47 Å². The average molecular weight is 357 g/mol. The number of rotatable bonds is 4. The molecular weight excluding hydrogens is 347 g/mol. The van der Waals surface area contributed by atoms with Crippen LogP contribution in [0.3, 0.4) is 0 Å². The Labute approximate surface area is 127 Å². The minimum atomic E-state index is -1.06. The van der Waals surface area contributed by atoms with Gasteiger partial charge in [0.2, 0.25) is 0 Å². The minimum Gasteiger partial charge on any atom is -0.478 e. The fraction of sp³-hybridized carbons (Fsp3) is 0.0714. The number of aromatic carboxylic acids is 1. The van der Waals surface area contributed by atoms with E-state index < -0.39 is 11.8 Å². The molecule has 0 aromatic heterocycles. The summed E-state index contributed by atoms with van der Waals surface area (Å²) < 4.78 is 19.0. The van der Waals surface area contributed by atoms with Crippen molar-refractivity contribution in [2.24, 2.45) is 0 Å². The molecule has 0 atom stereocenters. The fourth-order valence-corrected chi connectivity index (χ4v) is 2.61. The van der Waals surface area contributed by atoms with Gasteiger partial charge in [0.25, 0.3) is 0 Å². The molecule has 2 aromatic rings. The van der Waals surface area contributed by atoms with Crippen LogP contribution in [0.25, 0.3) is 0 Å². The van der Waals surface area contributed by atoms with Gasteiger partial charge in [0, 0.05) is 4.90 Å². The fourth-order valence-electron chi connectivity index (χ4n) is 1.64. The first-order chi connectivity index (χ1) is 9.52. The van der Waals surface area contributed by atoms with Gasteiger partial charge in [-0.25, -0.2) is 9.18 Å². The highest BCUT2D eigenvalue weighted by Gasteiger charge is 2.17. The molecule has 104 valence electrons. The zero-order valence-corrected chi connectivity index (χ0v) is 12.8. The molecule has 0 aliphatic rings. The molecule has 0 saturated carbocycles. The molecule has 1 N–H and O–H groups in total. The van der Waals surface area contributed by atoms with Gasteiger partial charge in [-0.05, 0) is 52.5 Å². The standard InChI is InChI=1S/C14H10BrFO3S/c1-20-12-4-2-3-11(13(12)14(17)18)19-8-5-6-10(16)9(15)7-8/h2-7H,1H3,(H,17,18). The zero-order valence-electron chi connectivity index (χ0n) is 10.4. The normalized spacial score (nSPS) is 10.3. The van der Waals surface area contributed by atoms with Crippen molar-refractivity contribution < 1.29 is 19.0 Å². The van der Waals surface area contributed by atoms with Gasteiger partial charge in [-0.3, -0.25) is 0 Å². The third kappa shape index (κ3) is 3.13. The summed E-state index contributed by atoms with van der Waals surface area (Å²) >= 11 is 4.38. The molecule has 0 heterocycles. The second-order valence-electron chi connectivity index (χ2n) is 3.82. The van der Waals surface area contributed by atoms with Crippen LogP contribution < -0.4 is 4.74 Å². The van der Waals surface area contributed by atoms with E-state index in [2.05, 4.69) is 15.9 Å². The monoisotopic (exact) mass is 356 g/mol. The molecule has 0 radical (unpaired) electrons. The van der Waals surface area contributed by atoms with Crippen molar-refractivity contribution in [2.45, 2.75) is 4.90 Å². The van der Waals surface area contributed by atoms with Gasteiger partial charge in [0.15, 0.2) is 0 Å². The first kappa shape index (κ1) is 14.9. The number of hydrogen-bond donors (Lipinski definition) is 1. The highest BCUT2D eigenvalue weighted by Crippen LogP contribution is 2.33. The van der Waals surface area contributed by atoms with Gasteiger partial charge >= 0.3 is 5.97 Å². The van der Waals surface area contributed by atoms with Crippen LogP contribution in [0, 0.1) is 5.82 Å². The van der Waals surface area contributed by atoms with Crippen LogP contribution in [0.2, 0.25) is 0 Å². The summed E-state index contributed by atoms with van der Waals surface area (Å²) in [5.74, 6) is -0.887. The summed E-state index contributed by atoms with van der Waals surface area (Å²) in [6.07, 6.45) is 1.79. The van der Waals surface area contributed by atoms with Gasteiger partial charge in [-0.15, -0.1) is 11.8 Å².